The number of benzene rings is 8. The predicted octanol–water partition coefficient (Wildman–Crippen LogP) is 13.6. The molecule has 47 heavy (non-hydrogen) atoms. The van der Waals surface area contributed by atoms with E-state index in [2.05, 4.69) is 171 Å². The summed E-state index contributed by atoms with van der Waals surface area (Å²) in [5.41, 5.74) is 11.4. The van der Waals surface area contributed by atoms with Crippen LogP contribution in [0, 0.1) is 0 Å². The second kappa shape index (κ2) is 11.4. The van der Waals surface area contributed by atoms with Gasteiger partial charge in [-0.15, -0.1) is 11.3 Å². The van der Waals surface area contributed by atoms with Gasteiger partial charge in [0.2, 0.25) is 0 Å². The third kappa shape index (κ3) is 4.83. The van der Waals surface area contributed by atoms with E-state index in [1.807, 2.05) is 11.3 Å². The minimum Gasteiger partial charge on any atom is -0.135 e. The summed E-state index contributed by atoms with van der Waals surface area (Å²) in [7, 11) is 0. The fourth-order valence-corrected chi connectivity index (χ4v) is 8.44. The maximum Gasteiger partial charge on any atom is 0.0433 e. The van der Waals surface area contributed by atoms with Crippen LogP contribution in [-0.2, 0) is 6.42 Å². The van der Waals surface area contributed by atoms with Crippen LogP contribution in [0.3, 0.4) is 0 Å². The Kier molecular flexibility index (Phi) is 6.73. The van der Waals surface area contributed by atoms with E-state index in [9.17, 15) is 0 Å². The van der Waals surface area contributed by atoms with Gasteiger partial charge in [-0.2, -0.15) is 0 Å². The molecule has 0 amide bonds. The Morgan fingerprint density at radius 3 is 1.83 bits per heavy atom. The summed E-state index contributed by atoms with van der Waals surface area (Å²) in [6, 6.07) is 60.6. The summed E-state index contributed by atoms with van der Waals surface area (Å²) in [5, 5.41) is 7.84. The van der Waals surface area contributed by atoms with E-state index in [4.69, 9.17) is 0 Å². The maximum absolute atomic E-state index is 2.36. The Bertz CT molecular complexity index is 2600. The molecule has 0 aliphatic heterocycles. The lowest BCUT2D eigenvalue weighted by atomic mass is 9.90. The Balaban J connectivity index is 1.11. The van der Waals surface area contributed by atoms with Gasteiger partial charge in [0.05, 0.1) is 0 Å². The minimum absolute atomic E-state index is 0.988. The first kappa shape index (κ1) is 27.8. The molecule has 222 valence electrons. The Labute approximate surface area is 279 Å². The Morgan fingerprint density at radius 2 is 1.00 bits per heavy atom. The number of aryl methyl sites for hydroxylation is 1. The van der Waals surface area contributed by atoms with E-state index < -0.39 is 0 Å². The van der Waals surface area contributed by atoms with Crippen LogP contribution >= 0.6 is 11.3 Å². The van der Waals surface area contributed by atoms with Gasteiger partial charge >= 0.3 is 0 Å². The molecule has 8 aromatic carbocycles. The monoisotopic (exact) mass is 616 g/mol. The van der Waals surface area contributed by atoms with E-state index in [0.717, 1.165) is 6.42 Å². The number of thiophene rings is 1. The lowest BCUT2D eigenvalue weighted by molar-refractivity contribution is 1.14. The highest BCUT2D eigenvalue weighted by Crippen LogP contribution is 2.41. The lowest BCUT2D eigenvalue weighted by Gasteiger charge is -2.14. The molecule has 0 unspecified atom stereocenters. The van der Waals surface area contributed by atoms with Crippen molar-refractivity contribution >= 4 is 53.1 Å². The Morgan fingerprint density at radius 1 is 0.383 bits per heavy atom. The average molecular weight is 617 g/mol. The van der Waals surface area contributed by atoms with Crippen molar-refractivity contribution in [2.45, 2.75) is 13.3 Å². The number of fused-ring (bicyclic) bond motifs is 6. The molecule has 0 N–H and O–H groups in total. The summed E-state index contributed by atoms with van der Waals surface area (Å²) < 4.78 is 2.70. The molecule has 9 rings (SSSR count). The zero-order chi connectivity index (χ0) is 31.3. The first-order valence-electron chi connectivity index (χ1n) is 16.4. The van der Waals surface area contributed by atoms with Crippen LogP contribution in [0.4, 0.5) is 0 Å². The quantitative estimate of drug-likeness (QED) is 0.169. The van der Waals surface area contributed by atoms with Gasteiger partial charge in [0.25, 0.3) is 0 Å². The SMILES string of the molecule is CCc1cc(-c2ccc(-c3cccc4c3sc3ccccc34)cc2)cc(-c2cccc(-c3cc4ccccc4c4ccccc34)c2)c1. The molecule has 0 aliphatic rings. The largest absolute Gasteiger partial charge is 0.135 e. The molecular weight excluding hydrogens is 585 g/mol. The maximum atomic E-state index is 2.36. The van der Waals surface area contributed by atoms with E-state index in [0.29, 0.717) is 0 Å². The van der Waals surface area contributed by atoms with Gasteiger partial charge in [0.15, 0.2) is 0 Å². The summed E-state index contributed by atoms with van der Waals surface area (Å²) in [5.74, 6) is 0. The first-order valence-corrected chi connectivity index (χ1v) is 17.2. The van der Waals surface area contributed by atoms with Crippen LogP contribution in [0.25, 0.3) is 86.2 Å². The fraction of sp³-hybridized carbons (Fsp3) is 0.0435. The highest BCUT2D eigenvalue weighted by Gasteiger charge is 2.13. The van der Waals surface area contributed by atoms with Crippen molar-refractivity contribution in [2.24, 2.45) is 0 Å². The number of hydrogen-bond donors (Lipinski definition) is 0. The van der Waals surface area contributed by atoms with E-state index >= 15 is 0 Å². The molecule has 9 aromatic rings. The van der Waals surface area contributed by atoms with E-state index in [1.165, 1.54) is 91.8 Å². The van der Waals surface area contributed by atoms with Crippen molar-refractivity contribution in [1.29, 1.82) is 0 Å². The number of hydrogen-bond acceptors (Lipinski definition) is 1. The van der Waals surface area contributed by atoms with Gasteiger partial charge in [0.1, 0.15) is 0 Å². The van der Waals surface area contributed by atoms with Gasteiger partial charge < -0.3 is 0 Å². The highest BCUT2D eigenvalue weighted by molar-refractivity contribution is 7.26. The zero-order valence-electron chi connectivity index (χ0n) is 26.2. The van der Waals surface area contributed by atoms with Gasteiger partial charge in [-0.25, -0.2) is 0 Å². The molecule has 1 heteroatoms. The van der Waals surface area contributed by atoms with E-state index in [1.54, 1.807) is 0 Å². The van der Waals surface area contributed by atoms with Crippen LogP contribution in [-0.4, -0.2) is 0 Å². The third-order valence-corrected chi connectivity index (χ3v) is 10.8. The van der Waals surface area contributed by atoms with Crippen molar-refractivity contribution in [3.63, 3.8) is 0 Å². The van der Waals surface area contributed by atoms with Crippen molar-refractivity contribution in [1.82, 2.24) is 0 Å². The van der Waals surface area contributed by atoms with Crippen molar-refractivity contribution in [2.75, 3.05) is 0 Å². The molecular formula is C46H32S. The topological polar surface area (TPSA) is 0 Å². The standard InChI is InChI=1S/C46H32S/c1-2-30-25-36(31-21-23-32(24-22-31)39-18-10-19-43-42-17-7-8-20-45(42)47-46(39)43)28-37(26-30)33-12-9-13-34(27-33)44-29-35-11-3-4-14-38(35)40-15-5-6-16-41(40)44/h3-29H,2H2,1H3. The normalized spacial score (nSPS) is 11.6. The molecule has 0 fully saturated rings. The molecule has 0 bridgehead atoms. The highest BCUT2D eigenvalue weighted by atomic mass is 32.1. The fourth-order valence-electron chi connectivity index (χ4n) is 7.21. The van der Waals surface area contributed by atoms with Crippen molar-refractivity contribution < 1.29 is 0 Å². The van der Waals surface area contributed by atoms with Crippen molar-refractivity contribution in [3.8, 4) is 44.5 Å². The van der Waals surface area contributed by atoms with Crippen LogP contribution in [0.5, 0.6) is 0 Å². The van der Waals surface area contributed by atoms with E-state index in [-0.39, 0.29) is 0 Å². The second-order valence-corrected chi connectivity index (χ2v) is 13.5. The molecule has 0 atom stereocenters. The van der Waals surface area contributed by atoms with Crippen molar-refractivity contribution in [3.05, 3.63) is 169 Å². The molecule has 1 aromatic heterocycles. The molecule has 0 nitrogen and oxygen atoms in total. The summed E-state index contributed by atoms with van der Waals surface area (Å²) in [4.78, 5) is 0. The lowest BCUT2D eigenvalue weighted by Crippen LogP contribution is -1.89. The van der Waals surface area contributed by atoms with Gasteiger partial charge in [-0.1, -0.05) is 146 Å². The molecule has 0 saturated heterocycles. The van der Waals surface area contributed by atoms with Gasteiger partial charge in [-0.05, 0) is 102 Å². The predicted molar refractivity (Wildman–Crippen MR) is 205 cm³/mol. The number of rotatable bonds is 5. The smallest absolute Gasteiger partial charge is 0.0433 e. The molecule has 0 saturated carbocycles. The van der Waals surface area contributed by atoms with Gasteiger partial charge in [-0.3, -0.25) is 0 Å². The first-order chi connectivity index (χ1) is 23.2. The summed E-state index contributed by atoms with van der Waals surface area (Å²) in [6.45, 7) is 2.25. The van der Waals surface area contributed by atoms with Gasteiger partial charge in [0, 0.05) is 20.2 Å². The van der Waals surface area contributed by atoms with Crippen LogP contribution < -0.4 is 0 Å². The molecule has 1 heterocycles. The molecule has 0 radical (unpaired) electrons. The average Bonchev–Trinajstić information content (AvgIpc) is 3.53. The second-order valence-electron chi connectivity index (χ2n) is 12.4. The summed E-state index contributed by atoms with van der Waals surface area (Å²) >= 11 is 1.89. The summed E-state index contributed by atoms with van der Waals surface area (Å²) in [6.07, 6.45) is 0.988. The molecule has 0 spiro atoms. The van der Waals surface area contributed by atoms with Crippen LogP contribution in [0.2, 0.25) is 0 Å². The molecule has 0 aliphatic carbocycles. The Hall–Kier alpha value is -5.50. The minimum atomic E-state index is 0.988. The van der Waals surface area contributed by atoms with Crippen LogP contribution in [0.15, 0.2) is 164 Å². The third-order valence-electron chi connectivity index (χ3n) is 9.61. The zero-order valence-corrected chi connectivity index (χ0v) is 27.0. The van der Waals surface area contributed by atoms with Crippen LogP contribution in [0.1, 0.15) is 12.5 Å².